The van der Waals surface area contributed by atoms with Crippen LogP contribution in [0.3, 0.4) is 0 Å². The third-order valence-electron chi connectivity index (χ3n) is 4.00. The van der Waals surface area contributed by atoms with Gasteiger partial charge in [0.25, 0.3) is 0 Å². The van der Waals surface area contributed by atoms with Gasteiger partial charge in [-0.2, -0.15) is 0 Å². The van der Waals surface area contributed by atoms with Crippen LogP contribution < -0.4 is 5.32 Å². The minimum absolute atomic E-state index is 0.655. The van der Waals surface area contributed by atoms with Crippen LogP contribution in [-0.2, 0) is 6.54 Å². The van der Waals surface area contributed by atoms with Crippen molar-refractivity contribution in [3.8, 4) is 10.4 Å². The molecule has 0 unspecified atom stereocenters. The average Bonchev–Trinajstić information content (AvgIpc) is 2.87. The summed E-state index contributed by atoms with van der Waals surface area (Å²) in [7, 11) is 0. The first-order valence-corrected chi connectivity index (χ1v) is 8.89. The third kappa shape index (κ3) is 3.28. The molecule has 0 bridgehead atoms. The van der Waals surface area contributed by atoms with Crippen LogP contribution in [0, 0.1) is 5.41 Å². The van der Waals surface area contributed by atoms with E-state index in [1.807, 2.05) is 22.7 Å². The minimum Gasteiger partial charge on any atom is -0.311 e. The van der Waals surface area contributed by atoms with Crippen LogP contribution in [0.25, 0.3) is 10.4 Å². The van der Waals surface area contributed by atoms with Crippen molar-refractivity contribution in [2.45, 2.75) is 39.2 Å². The van der Waals surface area contributed by atoms with Crippen molar-refractivity contribution in [2.75, 3.05) is 6.54 Å². The quantitative estimate of drug-likeness (QED) is 0.744. The molecular formula is C16H21NS2. The van der Waals surface area contributed by atoms with Crippen molar-refractivity contribution in [1.82, 2.24) is 5.32 Å². The van der Waals surface area contributed by atoms with Gasteiger partial charge < -0.3 is 5.32 Å². The Balaban J connectivity index is 1.51. The summed E-state index contributed by atoms with van der Waals surface area (Å²) in [5.41, 5.74) is 2.04. The monoisotopic (exact) mass is 291 g/mol. The van der Waals surface area contributed by atoms with E-state index in [1.165, 1.54) is 47.5 Å². The normalized spacial score (nSPS) is 16.7. The molecule has 3 rings (SSSR count). The van der Waals surface area contributed by atoms with Gasteiger partial charge in [-0.15, -0.1) is 22.7 Å². The fourth-order valence-corrected chi connectivity index (χ4v) is 4.36. The lowest BCUT2D eigenvalue weighted by Gasteiger charge is -2.14. The van der Waals surface area contributed by atoms with Gasteiger partial charge in [0.1, 0.15) is 0 Å². The van der Waals surface area contributed by atoms with Gasteiger partial charge in [-0.05, 0) is 47.6 Å². The molecule has 1 nitrogen and oxygen atoms in total. The molecule has 1 aliphatic carbocycles. The summed E-state index contributed by atoms with van der Waals surface area (Å²) in [6, 6.07) is 6.66. The van der Waals surface area contributed by atoms with Crippen LogP contribution in [0.2, 0.25) is 0 Å². The third-order valence-corrected chi connectivity index (χ3v) is 5.85. The van der Waals surface area contributed by atoms with Gasteiger partial charge in [-0.1, -0.05) is 19.4 Å². The van der Waals surface area contributed by atoms with Crippen molar-refractivity contribution in [1.29, 1.82) is 0 Å². The summed E-state index contributed by atoms with van der Waals surface area (Å²) in [6.07, 6.45) is 5.57. The summed E-state index contributed by atoms with van der Waals surface area (Å²) >= 11 is 3.70. The Morgan fingerprint density at radius 2 is 2.21 bits per heavy atom. The molecule has 2 aromatic heterocycles. The number of hydrogen-bond donors (Lipinski definition) is 1. The predicted octanol–water partition coefficient (Wildman–Crippen LogP) is 5.15. The molecule has 1 aliphatic rings. The van der Waals surface area contributed by atoms with Gasteiger partial charge in [0.2, 0.25) is 0 Å². The van der Waals surface area contributed by atoms with E-state index in [-0.39, 0.29) is 0 Å². The summed E-state index contributed by atoms with van der Waals surface area (Å²) in [5, 5.41) is 8.09. The van der Waals surface area contributed by atoms with E-state index in [2.05, 4.69) is 41.2 Å². The number of nitrogens with one attached hydrogen (secondary N) is 1. The first-order valence-electron chi connectivity index (χ1n) is 7.13. The van der Waals surface area contributed by atoms with E-state index in [4.69, 9.17) is 0 Å². The molecule has 3 heteroatoms. The van der Waals surface area contributed by atoms with Crippen molar-refractivity contribution in [3.63, 3.8) is 0 Å². The Morgan fingerprint density at radius 3 is 2.89 bits per heavy atom. The Morgan fingerprint density at radius 1 is 1.32 bits per heavy atom. The zero-order chi connectivity index (χ0) is 13.1. The SMILES string of the molecule is CCCC1(CNCc2cc(-c3cccs3)cs2)CC1. The van der Waals surface area contributed by atoms with Crippen molar-refractivity contribution < 1.29 is 0 Å². The highest BCUT2D eigenvalue weighted by Gasteiger charge is 2.40. The van der Waals surface area contributed by atoms with Gasteiger partial charge >= 0.3 is 0 Å². The highest BCUT2D eigenvalue weighted by Crippen LogP contribution is 2.49. The molecule has 102 valence electrons. The second-order valence-corrected chi connectivity index (χ2v) is 7.58. The zero-order valence-corrected chi connectivity index (χ0v) is 13.1. The van der Waals surface area contributed by atoms with E-state index >= 15 is 0 Å². The van der Waals surface area contributed by atoms with Crippen LogP contribution >= 0.6 is 22.7 Å². The van der Waals surface area contributed by atoms with Gasteiger partial charge in [0.05, 0.1) is 0 Å². The van der Waals surface area contributed by atoms with E-state index in [0.717, 1.165) is 6.54 Å². The standard InChI is InChI=1S/C16H21NS2/c1-2-5-16(6-7-16)12-17-10-14-9-13(11-19-14)15-4-3-8-18-15/h3-4,8-9,11,17H,2,5-7,10,12H2,1H3. The molecule has 0 saturated heterocycles. The predicted molar refractivity (Wildman–Crippen MR) is 85.9 cm³/mol. The second kappa shape index (κ2) is 5.78. The van der Waals surface area contributed by atoms with Crippen molar-refractivity contribution in [3.05, 3.63) is 33.8 Å². The van der Waals surface area contributed by atoms with E-state index < -0.39 is 0 Å². The fourth-order valence-electron chi connectivity index (χ4n) is 2.72. The summed E-state index contributed by atoms with van der Waals surface area (Å²) in [5.74, 6) is 0. The Hall–Kier alpha value is -0.640. The number of thiophene rings is 2. The van der Waals surface area contributed by atoms with Crippen LogP contribution in [0.1, 0.15) is 37.5 Å². The topological polar surface area (TPSA) is 12.0 Å². The summed E-state index contributed by atoms with van der Waals surface area (Å²) in [4.78, 5) is 2.84. The molecule has 0 atom stereocenters. The lowest BCUT2D eigenvalue weighted by atomic mass is 10.0. The maximum atomic E-state index is 3.66. The highest BCUT2D eigenvalue weighted by atomic mass is 32.1. The minimum atomic E-state index is 0.655. The molecule has 1 N–H and O–H groups in total. The number of hydrogen-bond acceptors (Lipinski definition) is 3. The van der Waals surface area contributed by atoms with Crippen LogP contribution in [-0.4, -0.2) is 6.54 Å². The van der Waals surface area contributed by atoms with Gasteiger partial charge in [0.15, 0.2) is 0 Å². The highest BCUT2D eigenvalue weighted by molar-refractivity contribution is 7.14. The lowest BCUT2D eigenvalue weighted by Crippen LogP contribution is -2.23. The molecule has 0 aliphatic heterocycles. The average molecular weight is 291 g/mol. The first-order chi connectivity index (χ1) is 9.31. The van der Waals surface area contributed by atoms with Crippen LogP contribution in [0.5, 0.6) is 0 Å². The summed E-state index contributed by atoms with van der Waals surface area (Å²) in [6.45, 7) is 4.53. The molecule has 1 fully saturated rings. The molecule has 2 heterocycles. The van der Waals surface area contributed by atoms with Crippen LogP contribution in [0.4, 0.5) is 0 Å². The number of rotatable bonds is 7. The Labute approximate surface area is 123 Å². The van der Waals surface area contributed by atoms with Crippen LogP contribution in [0.15, 0.2) is 29.0 Å². The van der Waals surface area contributed by atoms with Gasteiger partial charge in [0, 0.05) is 28.4 Å². The molecule has 0 amide bonds. The first kappa shape index (κ1) is 13.3. The lowest BCUT2D eigenvalue weighted by molar-refractivity contribution is 0.422. The smallest absolute Gasteiger partial charge is 0.0351 e. The molecular weight excluding hydrogens is 270 g/mol. The zero-order valence-electron chi connectivity index (χ0n) is 11.4. The molecule has 0 aromatic carbocycles. The van der Waals surface area contributed by atoms with Crippen molar-refractivity contribution in [2.24, 2.45) is 5.41 Å². The van der Waals surface area contributed by atoms with E-state index in [9.17, 15) is 0 Å². The van der Waals surface area contributed by atoms with E-state index in [0.29, 0.717) is 5.41 Å². The molecule has 0 radical (unpaired) electrons. The van der Waals surface area contributed by atoms with Gasteiger partial charge in [-0.3, -0.25) is 0 Å². The maximum Gasteiger partial charge on any atom is 0.0351 e. The Kier molecular flexibility index (Phi) is 4.06. The Bertz CT molecular complexity index is 509. The maximum absolute atomic E-state index is 3.66. The largest absolute Gasteiger partial charge is 0.311 e. The molecule has 2 aromatic rings. The molecule has 0 spiro atoms. The summed E-state index contributed by atoms with van der Waals surface area (Å²) < 4.78 is 0. The molecule has 1 saturated carbocycles. The van der Waals surface area contributed by atoms with E-state index in [1.54, 1.807) is 0 Å². The second-order valence-electron chi connectivity index (χ2n) is 5.63. The van der Waals surface area contributed by atoms with Gasteiger partial charge in [-0.25, -0.2) is 0 Å². The molecule has 19 heavy (non-hydrogen) atoms. The fraction of sp³-hybridized carbons (Fsp3) is 0.500. The van der Waals surface area contributed by atoms with Crippen molar-refractivity contribution >= 4 is 22.7 Å².